The Kier molecular flexibility index (Phi) is 6.71. The molecular weight excluding hydrogens is 377 g/mol. The lowest BCUT2D eigenvalue weighted by Crippen LogP contribution is -2.33. The molecule has 0 spiro atoms. The Bertz CT molecular complexity index is 987. The topological polar surface area (TPSA) is 71.1 Å². The molecule has 1 aromatic heterocycles. The number of hydrogen-bond acceptors (Lipinski definition) is 4. The van der Waals surface area contributed by atoms with Crippen molar-refractivity contribution >= 4 is 38.5 Å². The molecule has 0 aliphatic heterocycles. The number of rotatable bonds is 8. The van der Waals surface area contributed by atoms with Crippen LogP contribution in [0.4, 0.5) is 9.52 Å². The second-order valence-corrected chi connectivity index (χ2v) is 7.59. The molecule has 5 nitrogen and oxygen atoms in total. The van der Waals surface area contributed by atoms with Gasteiger partial charge < -0.3 is 10.6 Å². The van der Waals surface area contributed by atoms with Crippen LogP contribution in [0.25, 0.3) is 10.2 Å². The zero-order chi connectivity index (χ0) is 19.9. The number of amides is 2. The van der Waals surface area contributed by atoms with Crippen molar-refractivity contribution in [2.45, 2.75) is 32.6 Å². The van der Waals surface area contributed by atoms with E-state index in [9.17, 15) is 14.0 Å². The molecule has 0 saturated carbocycles. The molecule has 3 rings (SSSR count). The first-order valence-electron chi connectivity index (χ1n) is 9.24. The van der Waals surface area contributed by atoms with Crippen molar-refractivity contribution in [2.75, 3.05) is 11.9 Å². The van der Waals surface area contributed by atoms with Gasteiger partial charge in [0.1, 0.15) is 5.82 Å². The number of benzene rings is 2. The fourth-order valence-corrected chi connectivity index (χ4v) is 3.74. The summed E-state index contributed by atoms with van der Waals surface area (Å²) in [5.41, 5.74) is 2.67. The summed E-state index contributed by atoms with van der Waals surface area (Å²) in [6.07, 6.45) is 3.34. The fraction of sp³-hybridized carbons (Fsp3) is 0.286. The molecule has 0 radical (unpaired) electrons. The van der Waals surface area contributed by atoms with Gasteiger partial charge >= 0.3 is 0 Å². The molecule has 0 fully saturated rings. The number of nitrogens with zero attached hydrogens (tertiary/aromatic N) is 1. The summed E-state index contributed by atoms with van der Waals surface area (Å²) in [5, 5.41) is 5.76. The summed E-state index contributed by atoms with van der Waals surface area (Å²) in [6, 6.07) is 12.0. The number of aryl methyl sites for hydroxylation is 1. The molecule has 0 bridgehead atoms. The maximum Gasteiger partial charge on any atom is 0.245 e. The molecule has 3 aromatic rings. The number of halogens is 1. The van der Waals surface area contributed by atoms with Gasteiger partial charge in [-0.05, 0) is 48.2 Å². The summed E-state index contributed by atoms with van der Waals surface area (Å²) in [5.74, 6) is -1.08. The first-order valence-corrected chi connectivity index (χ1v) is 10.1. The Morgan fingerprint density at radius 2 is 1.96 bits per heavy atom. The van der Waals surface area contributed by atoms with E-state index >= 15 is 0 Å². The Morgan fingerprint density at radius 1 is 1.11 bits per heavy atom. The average molecular weight is 399 g/mol. The van der Waals surface area contributed by atoms with Crippen LogP contribution >= 0.6 is 11.3 Å². The molecule has 146 valence electrons. The van der Waals surface area contributed by atoms with Crippen LogP contribution in [0.5, 0.6) is 0 Å². The number of thiazole rings is 1. The van der Waals surface area contributed by atoms with Crippen LogP contribution in [0.3, 0.4) is 0 Å². The van der Waals surface area contributed by atoms with Gasteiger partial charge in [0.15, 0.2) is 5.13 Å². The second-order valence-electron chi connectivity index (χ2n) is 6.56. The molecule has 2 aromatic carbocycles. The van der Waals surface area contributed by atoms with Gasteiger partial charge in [0.05, 0.1) is 23.2 Å². The Labute approximate surface area is 167 Å². The van der Waals surface area contributed by atoms with Crippen LogP contribution in [0, 0.1) is 5.82 Å². The molecule has 0 aliphatic carbocycles. The van der Waals surface area contributed by atoms with Crippen molar-refractivity contribution in [1.29, 1.82) is 0 Å². The third kappa shape index (κ3) is 5.60. The van der Waals surface area contributed by atoms with E-state index in [1.807, 2.05) is 6.07 Å². The molecule has 28 heavy (non-hydrogen) atoms. The average Bonchev–Trinajstić information content (AvgIpc) is 3.06. The number of unbranched alkanes of at least 4 members (excludes halogenated alkanes) is 1. The quantitative estimate of drug-likeness (QED) is 0.600. The van der Waals surface area contributed by atoms with Crippen molar-refractivity contribution in [3.05, 3.63) is 59.4 Å². The predicted molar refractivity (Wildman–Crippen MR) is 110 cm³/mol. The lowest BCUT2D eigenvalue weighted by molar-refractivity contribution is -0.123. The van der Waals surface area contributed by atoms with E-state index in [1.165, 1.54) is 29.0 Å². The Balaban J connectivity index is 1.52. The largest absolute Gasteiger partial charge is 0.347 e. The van der Waals surface area contributed by atoms with Crippen molar-refractivity contribution in [1.82, 2.24) is 10.3 Å². The first kappa shape index (κ1) is 19.9. The third-order valence-corrected chi connectivity index (χ3v) is 5.15. The molecule has 2 amide bonds. The fourth-order valence-electron chi connectivity index (χ4n) is 2.80. The highest BCUT2D eigenvalue weighted by atomic mass is 32.1. The number of carbonyl (C=O) groups excluding carboxylic acids is 2. The third-order valence-electron chi connectivity index (χ3n) is 4.22. The highest BCUT2D eigenvalue weighted by molar-refractivity contribution is 7.22. The second kappa shape index (κ2) is 9.41. The van der Waals surface area contributed by atoms with Crippen LogP contribution in [0.15, 0.2) is 42.5 Å². The summed E-state index contributed by atoms with van der Waals surface area (Å²) in [4.78, 5) is 28.4. The molecule has 0 aliphatic rings. The van der Waals surface area contributed by atoms with Gasteiger partial charge in [0.25, 0.3) is 0 Å². The summed E-state index contributed by atoms with van der Waals surface area (Å²) in [6.45, 7) is 2.00. The SMILES string of the molecule is CCCCc1ccc2nc(NC(=O)CNC(=O)Cc3cccc(F)c3)sc2c1. The normalized spacial score (nSPS) is 10.8. The van der Waals surface area contributed by atoms with E-state index < -0.39 is 5.82 Å². The summed E-state index contributed by atoms with van der Waals surface area (Å²) in [7, 11) is 0. The number of anilines is 1. The number of aromatic nitrogens is 1. The van der Waals surface area contributed by atoms with E-state index in [4.69, 9.17) is 0 Å². The van der Waals surface area contributed by atoms with Crippen molar-refractivity contribution in [3.63, 3.8) is 0 Å². The summed E-state index contributed by atoms with van der Waals surface area (Å²) < 4.78 is 14.2. The molecule has 2 N–H and O–H groups in total. The molecule has 0 saturated heterocycles. The standard InChI is InChI=1S/C21H22FN3O2S/c1-2-3-5-14-8-9-17-18(11-14)28-21(24-17)25-20(27)13-23-19(26)12-15-6-4-7-16(22)10-15/h4,6-11H,2-3,5,12-13H2,1H3,(H,23,26)(H,24,25,27). The van der Waals surface area contributed by atoms with Crippen molar-refractivity contribution in [2.24, 2.45) is 0 Å². The number of hydrogen-bond donors (Lipinski definition) is 2. The minimum atomic E-state index is -0.392. The highest BCUT2D eigenvalue weighted by Gasteiger charge is 2.10. The van der Waals surface area contributed by atoms with Crippen molar-refractivity contribution in [3.8, 4) is 0 Å². The molecule has 1 heterocycles. The van der Waals surface area contributed by atoms with E-state index in [1.54, 1.807) is 12.1 Å². The van der Waals surface area contributed by atoms with E-state index in [0.717, 1.165) is 29.5 Å². The van der Waals surface area contributed by atoms with Gasteiger partial charge in [0, 0.05) is 0 Å². The zero-order valence-electron chi connectivity index (χ0n) is 15.6. The smallest absolute Gasteiger partial charge is 0.245 e. The van der Waals surface area contributed by atoms with Crippen LogP contribution in [0.2, 0.25) is 0 Å². The molecular formula is C21H22FN3O2S. The van der Waals surface area contributed by atoms with Gasteiger partial charge in [-0.1, -0.05) is 42.9 Å². The minimum Gasteiger partial charge on any atom is -0.347 e. The Morgan fingerprint density at radius 3 is 2.75 bits per heavy atom. The molecule has 0 atom stereocenters. The van der Waals surface area contributed by atoms with Gasteiger partial charge in [0.2, 0.25) is 11.8 Å². The Hall–Kier alpha value is -2.80. The lowest BCUT2D eigenvalue weighted by atomic mass is 10.1. The number of fused-ring (bicyclic) bond motifs is 1. The first-order chi connectivity index (χ1) is 13.5. The predicted octanol–water partition coefficient (Wildman–Crippen LogP) is 4.08. The van der Waals surface area contributed by atoms with Gasteiger partial charge in [-0.25, -0.2) is 9.37 Å². The maximum absolute atomic E-state index is 13.1. The zero-order valence-corrected chi connectivity index (χ0v) is 16.4. The van der Waals surface area contributed by atoms with Crippen molar-refractivity contribution < 1.29 is 14.0 Å². The van der Waals surface area contributed by atoms with Crippen LogP contribution in [-0.4, -0.2) is 23.3 Å². The van der Waals surface area contributed by atoms with Gasteiger partial charge in [-0.2, -0.15) is 0 Å². The van der Waals surface area contributed by atoms with Gasteiger partial charge in [-0.15, -0.1) is 0 Å². The maximum atomic E-state index is 13.1. The van der Waals surface area contributed by atoms with E-state index in [-0.39, 0.29) is 24.8 Å². The number of carbonyl (C=O) groups is 2. The highest BCUT2D eigenvalue weighted by Crippen LogP contribution is 2.27. The van der Waals surface area contributed by atoms with Crippen LogP contribution in [0.1, 0.15) is 30.9 Å². The van der Waals surface area contributed by atoms with Crippen LogP contribution in [-0.2, 0) is 22.4 Å². The van der Waals surface area contributed by atoms with E-state index in [2.05, 4.69) is 34.7 Å². The minimum absolute atomic E-state index is 0.0206. The molecule has 7 heteroatoms. The molecule has 0 unspecified atom stereocenters. The number of nitrogens with one attached hydrogen (secondary N) is 2. The van der Waals surface area contributed by atoms with Crippen LogP contribution < -0.4 is 10.6 Å². The summed E-state index contributed by atoms with van der Waals surface area (Å²) >= 11 is 1.41. The van der Waals surface area contributed by atoms with E-state index in [0.29, 0.717) is 10.7 Å². The van der Waals surface area contributed by atoms with Gasteiger partial charge in [-0.3, -0.25) is 9.59 Å². The monoisotopic (exact) mass is 399 g/mol. The lowest BCUT2D eigenvalue weighted by Gasteiger charge is -2.05.